The monoisotopic (exact) mass is 403 g/mol. The van der Waals surface area contributed by atoms with Gasteiger partial charge in [-0.05, 0) is 52.5 Å². The van der Waals surface area contributed by atoms with Crippen LogP contribution in [0.5, 0.6) is 0 Å². The molecule has 0 bridgehead atoms. The SMILES string of the molecule is CC(C)c1cc(C(C)C)c(C[C@@H]2CCc3nn(-c4ccccn4)c[n+]32)c(C(C)C)c1. The minimum Gasteiger partial charge on any atom is -0.231 e. The second-order valence-corrected chi connectivity index (χ2v) is 9.61. The van der Waals surface area contributed by atoms with E-state index in [1.165, 1.54) is 22.5 Å². The highest BCUT2D eigenvalue weighted by Gasteiger charge is 2.33. The Labute approximate surface area is 181 Å². The van der Waals surface area contributed by atoms with E-state index < -0.39 is 0 Å². The maximum Gasteiger partial charge on any atom is 0.278 e. The summed E-state index contributed by atoms with van der Waals surface area (Å²) in [6, 6.07) is 11.4. The molecule has 4 heteroatoms. The lowest BCUT2D eigenvalue weighted by Crippen LogP contribution is -2.37. The smallest absolute Gasteiger partial charge is 0.231 e. The number of fused-ring (bicyclic) bond motifs is 1. The first-order valence-electron chi connectivity index (χ1n) is 11.4. The van der Waals surface area contributed by atoms with Gasteiger partial charge in [0.15, 0.2) is 0 Å². The van der Waals surface area contributed by atoms with E-state index >= 15 is 0 Å². The first kappa shape index (κ1) is 20.8. The normalized spacial score (nSPS) is 16.1. The van der Waals surface area contributed by atoms with Crippen molar-refractivity contribution in [3.05, 3.63) is 70.9 Å². The average Bonchev–Trinajstić information content (AvgIpc) is 3.30. The van der Waals surface area contributed by atoms with Crippen LogP contribution in [-0.2, 0) is 12.8 Å². The Hall–Kier alpha value is -2.49. The number of rotatable bonds is 6. The van der Waals surface area contributed by atoms with E-state index in [9.17, 15) is 0 Å². The summed E-state index contributed by atoms with van der Waals surface area (Å²) >= 11 is 0. The number of aromatic nitrogens is 4. The Balaban J connectivity index is 1.72. The van der Waals surface area contributed by atoms with Gasteiger partial charge in [0.1, 0.15) is 0 Å². The molecule has 0 N–H and O–H groups in total. The number of hydrogen-bond donors (Lipinski definition) is 0. The van der Waals surface area contributed by atoms with Crippen LogP contribution in [0.4, 0.5) is 0 Å². The van der Waals surface area contributed by atoms with Gasteiger partial charge in [0, 0.05) is 30.2 Å². The zero-order valence-electron chi connectivity index (χ0n) is 19.3. The summed E-state index contributed by atoms with van der Waals surface area (Å²) in [6.07, 6.45) is 7.23. The summed E-state index contributed by atoms with van der Waals surface area (Å²) in [5.41, 5.74) is 6.07. The summed E-state index contributed by atoms with van der Waals surface area (Å²) in [5.74, 6) is 3.65. The molecular formula is C26H35N4+. The molecule has 0 saturated carbocycles. The minimum absolute atomic E-state index is 0.456. The Kier molecular flexibility index (Phi) is 5.77. The van der Waals surface area contributed by atoms with Crippen molar-refractivity contribution in [1.29, 1.82) is 0 Å². The van der Waals surface area contributed by atoms with Crippen LogP contribution in [0, 0.1) is 0 Å². The predicted octanol–water partition coefficient (Wildman–Crippen LogP) is 5.66. The number of pyridine rings is 1. The number of nitrogens with zero attached hydrogens (tertiary/aromatic N) is 4. The highest BCUT2D eigenvalue weighted by Crippen LogP contribution is 2.35. The molecule has 158 valence electrons. The van der Waals surface area contributed by atoms with Gasteiger partial charge in [-0.2, -0.15) is 0 Å². The van der Waals surface area contributed by atoms with Gasteiger partial charge < -0.3 is 0 Å². The van der Waals surface area contributed by atoms with Crippen molar-refractivity contribution in [3.63, 3.8) is 0 Å². The molecule has 0 spiro atoms. The van der Waals surface area contributed by atoms with E-state index in [0.717, 1.165) is 25.1 Å². The van der Waals surface area contributed by atoms with Crippen molar-refractivity contribution in [3.8, 4) is 5.82 Å². The molecule has 1 aromatic carbocycles. The van der Waals surface area contributed by atoms with E-state index in [0.29, 0.717) is 23.8 Å². The van der Waals surface area contributed by atoms with Crippen molar-refractivity contribution in [1.82, 2.24) is 14.8 Å². The molecule has 4 rings (SSSR count). The van der Waals surface area contributed by atoms with E-state index in [1.807, 2.05) is 29.1 Å². The van der Waals surface area contributed by atoms with Gasteiger partial charge in [0.25, 0.3) is 5.82 Å². The fraction of sp³-hybridized carbons (Fsp3) is 0.500. The van der Waals surface area contributed by atoms with E-state index in [2.05, 4.69) is 69.6 Å². The first-order valence-corrected chi connectivity index (χ1v) is 11.4. The predicted molar refractivity (Wildman–Crippen MR) is 121 cm³/mol. The number of aryl methyl sites for hydroxylation is 1. The van der Waals surface area contributed by atoms with Gasteiger partial charge in [-0.3, -0.25) is 0 Å². The zero-order valence-corrected chi connectivity index (χ0v) is 19.3. The Morgan fingerprint density at radius 3 is 2.27 bits per heavy atom. The molecule has 0 unspecified atom stereocenters. The van der Waals surface area contributed by atoms with Crippen LogP contribution in [0.2, 0.25) is 0 Å². The molecule has 2 aromatic heterocycles. The average molecular weight is 404 g/mol. The zero-order chi connectivity index (χ0) is 21.4. The molecule has 30 heavy (non-hydrogen) atoms. The van der Waals surface area contributed by atoms with Crippen LogP contribution >= 0.6 is 0 Å². The fourth-order valence-corrected chi connectivity index (χ4v) is 4.68. The molecule has 0 fully saturated rings. The molecule has 0 amide bonds. The van der Waals surface area contributed by atoms with Crippen LogP contribution in [0.25, 0.3) is 5.82 Å². The number of benzene rings is 1. The Morgan fingerprint density at radius 2 is 1.70 bits per heavy atom. The molecule has 3 heterocycles. The molecule has 3 aromatic rings. The van der Waals surface area contributed by atoms with Gasteiger partial charge in [-0.1, -0.05) is 64.4 Å². The quantitative estimate of drug-likeness (QED) is 0.498. The summed E-state index contributed by atoms with van der Waals surface area (Å²) in [6.45, 7) is 13.9. The third-order valence-corrected chi connectivity index (χ3v) is 6.43. The van der Waals surface area contributed by atoms with Gasteiger partial charge in [-0.15, -0.1) is 0 Å². The largest absolute Gasteiger partial charge is 0.278 e. The molecule has 4 nitrogen and oxygen atoms in total. The lowest BCUT2D eigenvalue weighted by atomic mass is 9.82. The lowest BCUT2D eigenvalue weighted by molar-refractivity contribution is -0.716. The Morgan fingerprint density at radius 1 is 1.00 bits per heavy atom. The highest BCUT2D eigenvalue weighted by molar-refractivity contribution is 5.44. The second kappa shape index (κ2) is 8.33. The van der Waals surface area contributed by atoms with Crippen molar-refractivity contribution in [2.24, 2.45) is 0 Å². The molecule has 1 aliphatic heterocycles. The topological polar surface area (TPSA) is 34.6 Å². The van der Waals surface area contributed by atoms with E-state index in [-0.39, 0.29) is 0 Å². The molecule has 1 aliphatic rings. The first-order chi connectivity index (χ1) is 14.3. The van der Waals surface area contributed by atoms with E-state index in [4.69, 9.17) is 5.10 Å². The summed E-state index contributed by atoms with van der Waals surface area (Å²) in [5, 5.41) is 4.82. The molecule has 0 saturated heterocycles. The number of hydrogen-bond acceptors (Lipinski definition) is 2. The van der Waals surface area contributed by atoms with Crippen LogP contribution in [0.3, 0.4) is 0 Å². The highest BCUT2D eigenvalue weighted by atomic mass is 15.4. The fourth-order valence-electron chi connectivity index (χ4n) is 4.68. The summed E-state index contributed by atoms with van der Waals surface area (Å²) < 4.78 is 4.31. The minimum atomic E-state index is 0.456. The second-order valence-electron chi connectivity index (χ2n) is 9.61. The maximum absolute atomic E-state index is 4.82. The van der Waals surface area contributed by atoms with Crippen molar-refractivity contribution >= 4 is 0 Å². The van der Waals surface area contributed by atoms with E-state index in [1.54, 1.807) is 5.56 Å². The van der Waals surface area contributed by atoms with Crippen LogP contribution < -0.4 is 4.57 Å². The Bertz CT molecular complexity index is 986. The molecule has 1 atom stereocenters. The van der Waals surface area contributed by atoms with Crippen LogP contribution in [-0.4, -0.2) is 14.8 Å². The van der Waals surface area contributed by atoms with Crippen molar-refractivity contribution < 1.29 is 4.57 Å². The van der Waals surface area contributed by atoms with Gasteiger partial charge >= 0.3 is 0 Å². The maximum atomic E-state index is 4.82. The third-order valence-electron chi connectivity index (χ3n) is 6.43. The van der Waals surface area contributed by atoms with Crippen molar-refractivity contribution in [2.45, 2.75) is 84.6 Å². The third kappa shape index (κ3) is 3.92. The van der Waals surface area contributed by atoms with Gasteiger partial charge in [0.05, 0.1) is 6.04 Å². The van der Waals surface area contributed by atoms with Gasteiger partial charge in [-0.25, -0.2) is 9.55 Å². The summed E-state index contributed by atoms with van der Waals surface area (Å²) in [7, 11) is 0. The van der Waals surface area contributed by atoms with Gasteiger partial charge in [0.2, 0.25) is 12.1 Å². The van der Waals surface area contributed by atoms with Crippen LogP contribution in [0.1, 0.15) is 99.8 Å². The van der Waals surface area contributed by atoms with Crippen molar-refractivity contribution in [2.75, 3.05) is 0 Å². The standard InChI is InChI=1S/C26H35N4/c1-17(2)20-13-22(18(3)4)24(23(14-20)19(5)6)15-21-10-11-26-28-30(16-29(21)26)25-9-7-8-12-27-25/h7-9,12-14,16-19,21H,10-11,15H2,1-6H3/q+1/t21-/m0/s1. The van der Waals surface area contributed by atoms with Crippen LogP contribution in [0.15, 0.2) is 42.9 Å². The lowest BCUT2D eigenvalue weighted by Gasteiger charge is -2.24. The molecule has 0 radical (unpaired) electrons. The molecular weight excluding hydrogens is 368 g/mol. The molecule has 0 aliphatic carbocycles. The summed E-state index contributed by atoms with van der Waals surface area (Å²) in [4.78, 5) is 4.46.